The number of fused-ring (bicyclic) bond motifs is 1. The van der Waals surface area contributed by atoms with Gasteiger partial charge in [-0.3, -0.25) is 4.79 Å². The number of hydrogen-bond acceptors (Lipinski definition) is 17. The number of halogens is 9. The molecule has 0 fully saturated rings. The van der Waals surface area contributed by atoms with Crippen LogP contribution in [0, 0.1) is 48.8 Å². The Labute approximate surface area is 535 Å². The van der Waals surface area contributed by atoms with Crippen molar-refractivity contribution in [2.24, 2.45) is 0 Å². The molecule has 4 heterocycles. The standard InChI is InChI=1S/C14H14F2N4O.C14H12F2N4.C8H10F2N2.C6H3F3N2O2.C4H10O.3K.HO4P/c1-3-18-12-4-10(15)11(16)5-13(12)20-14(21)9-6-17-7-19-8(9)2;1-3-20-13-5-11(16)10(15)4-12(13)19-14(20)9-6-17-7-18-8(9)2;1-2-12-8-4-6(10)5(9)3-7(8)11;7-6(8,9)4-3(5(12)13)1-10-2-11-4;1-4(2,3)5;;;;1-4-5(2)3/h4-7,18H,3H2,1-2H3,(H,20,21);4-7H,3H2,1-2H3;3-4,12H,2,11H2,1H3;1-2H,(H,12,13);5H,1-3H3;;;;1H/q;;;;;;;+1;/p-1. The van der Waals surface area contributed by atoms with Crippen LogP contribution in [0.3, 0.4) is 0 Å². The summed E-state index contributed by atoms with van der Waals surface area (Å²) in [6, 6.07) is 6.23. The molecule has 412 valence electrons. The van der Waals surface area contributed by atoms with Crippen molar-refractivity contribution in [3.8, 4) is 11.4 Å². The number of hydrogen-bond donors (Lipinski definition) is 6. The molecule has 7 N–H and O–H groups in total. The van der Waals surface area contributed by atoms with Gasteiger partial charge in [-0.1, -0.05) is 0 Å². The summed E-state index contributed by atoms with van der Waals surface area (Å²) < 4.78 is 128. The first-order chi connectivity index (χ1) is 36.5. The Morgan fingerprint density at radius 1 is 0.734 bits per heavy atom. The third-order valence-electron chi connectivity index (χ3n) is 8.82. The minimum absolute atomic E-state index is 0. The maximum atomic E-state index is 13.4. The van der Waals surface area contributed by atoms with E-state index >= 15 is 0 Å². The summed E-state index contributed by atoms with van der Waals surface area (Å²) in [6.45, 7) is 16.0. The number of benzene rings is 3. The second-order valence-electron chi connectivity index (χ2n) is 15.7. The average molecular weight is 1220 g/mol. The zero-order chi connectivity index (χ0) is 59.7. The Morgan fingerprint density at radius 3 is 1.62 bits per heavy atom. The van der Waals surface area contributed by atoms with E-state index in [-0.39, 0.29) is 68.3 Å². The van der Waals surface area contributed by atoms with Gasteiger partial charge in [0.1, 0.15) is 30.4 Å². The molecule has 0 saturated carbocycles. The number of carbonyl (C=O) groups is 2. The molecule has 0 aliphatic rings. The van der Waals surface area contributed by atoms with Crippen LogP contribution in [0.1, 0.15) is 79.3 Å². The fourth-order valence-corrected chi connectivity index (χ4v) is 5.66. The Balaban J connectivity index is 0.000000975. The van der Waals surface area contributed by atoms with Crippen LogP contribution in [0.5, 0.6) is 0 Å². The van der Waals surface area contributed by atoms with Gasteiger partial charge in [-0.05, 0) is 60.0 Å². The molecule has 1 unspecified atom stereocenters. The number of amides is 1. The first kappa shape index (κ1) is 75.9. The number of carboxylic acid groups (broad SMARTS) is 1. The second-order valence-corrected chi connectivity index (χ2v) is 16.3. The summed E-state index contributed by atoms with van der Waals surface area (Å²) >= 11 is 2.50. The molecule has 7 aromatic rings. The second kappa shape index (κ2) is 37.9. The number of nitrogens with one attached hydrogen (secondary N) is 3. The van der Waals surface area contributed by atoms with Crippen molar-refractivity contribution in [3.05, 3.63) is 137 Å². The van der Waals surface area contributed by atoms with Gasteiger partial charge in [0.25, 0.3) is 5.91 Å². The molecule has 1 amide bonds. The third kappa shape index (κ3) is 26.8. The predicted molar refractivity (Wildman–Crippen MR) is 267 cm³/mol. The van der Waals surface area contributed by atoms with Crippen LogP contribution in [-0.4, -0.2) is 143 Å². The summed E-state index contributed by atoms with van der Waals surface area (Å²) in [5.74, 6) is -7.17. The van der Waals surface area contributed by atoms with E-state index in [1.165, 1.54) is 88.1 Å². The molecule has 0 bridgehead atoms. The van der Waals surface area contributed by atoms with E-state index in [0.717, 1.165) is 41.6 Å². The number of anilines is 4. The molecule has 79 heavy (non-hydrogen) atoms. The molecule has 0 spiro atoms. The molecular weight excluding hydrogens is 1170 g/mol. The number of alkyl halides is 3. The summed E-state index contributed by atoms with van der Waals surface area (Å²) in [4.78, 5) is 57.5. The number of aromatic nitrogens is 8. The number of nitrogens with zero attached hydrogens (tertiary/aromatic N) is 8. The SMILES string of the molecule is CC(C)(C)O.CCNc1cc(F)c(F)cc1N.CCNc1cc(F)c(F)cc1NC(=O)c1cncnc1C.CCn1c(-c2cncnc2C)nc2cc(F)c(F)cc21.O=C(O)c1cncnc1C(F)(F)F.O=[P+]([O-])O[O-].[K+].[K][K]. The molecule has 0 aliphatic heterocycles. The van der Waals surface area contributed by atoms with Crippen LogP contribution in [0.15, 0.2) is 74.0 Å². The van der Waals surface area contributed by atoms with E-state index in [4.69, 9.17) is 30.7 Å². The van der Waals surface area contributed by atoms with Crippen molar-refractivity contribution in [2.75, 3.05) is 34.8 Å². The Kier molecular flexibility index (Phi) is 36.4. The molecule has 1 atom stereocenters. The van der Waals surface area contributed by atoms with Crippen molar-refractivity contribution in [3.63, 3.8) is 0 Å². The number of nitrogen functional groups attached to an aromatic ring is 1. The number of carbonyl (C=O) groups excluding carboxylic acids is 1. The summed E-state index contributed by atoms with van der Waals surface area (Å²) in [7, 11) is -3.15. The number of carboxylic acids is 1. The van der Waals surface area contributed by atoms with Crippen molar-refractivity contribution in [2.45, 2.75) is 73.7 Å². The number of rotatable bonds is 10. The normalized spacial score (nSPS) is 10.5. The van der Waals surface area contributed by atoms with Crippen molar-refractivity contribution >= 4 is 117 Å². The van der Waals surface area contributed by atoms with Crippen LogP contribution in [0.2, 0.25) is 0 Å². The van der Waals surface area contributed by atoms with Gasteiger partial charge in [0.2, 0.25) is 0 Å². The zero-order valence-electron chi connectivity index (χ0n) is 44.4. The molecule has 3 aromatic carbocycles. The fourth-order valence-electron chi connectivity index (χ4n) is 5.66. The van der Waals surface area contributed by atoms with Gasteiger partial charge in [0, 0.05) is 74.6 Å². The molecule has 20 nitrogen and oxygen atoms in total. The van der Waals surface area contributed by atoms with Crippen molar-refractivity contribution in [1.29, 1.82) is 0 Å². The van der Waals surface area contributed by atoms with E-state index in [9.17, 15) is 49.1 Å². The molecule has 33 heteroatoms. The van der Waals surface area contributed by atoms with Crippen LogP contribution in [-0.2, 0) is 22.0 Å². The molecule has 0 radical (unpaired) electrons. The van der Waals surface area contributed by atoms with Gasteiger partial charge in [-0.2, -0.15) is 13.2 Å². The Hall–Kier alpha value is -3.07. The van der Waals surface area contributed by atoms with Gasteiger partial charge in [0.05, 0.1) is 61.9 Å². The monoisotopic (exact) mass is 1220 g/mol. The number of aromatic carboxylic acids is 1. The minimum atomic E-state index is -4.77. The van der Waals surface area contributed by atoms with Gasteiger partial charge in [-0.25, -0.2) is 70.7 Å². The summed E-state index contributed by atoms with van der Waals surface area (Å²) in [6.07, 6.45) is 2.29. The van der Waals surface area contributed by atoms with Gasteiger partial charge >= 0.3 is 135 Å². The van der Waals surface area contributed by atoms with Gasteiger partial charge in [-0.15, -0.1) is 0 Å². The molecule has 0 saturated heterocycles. The van der Waals surface area contributed by atoms with Gasteiger partial charge < -0.3 is 46.6 Å². The molecule has 0 aliphatic carbocycles. The van der Waals surface area contributed by atoms with Crippen molar-refractivity contribution < 1.29 is 130 Å². The fraction of sp³-hybridized carbons (Fsp3) is 0.283. The molecule has 7 rings (SSSR count). The Bertz CT molecular complexity index is 3090. The van der Waals surface area contributed by atoms with Crippen LogP contribution < -0.4 is 83.2 Å². The zero-order valence-corrected chi connectivity index (χ0v) is 54.7. The van der Waals surface area contributed by atoms with Crippen LogP contribution in [0.25, 0.3) is 22.4 Å². The molecular formula is C46H49F9K3N12O8P. The van der Waals surface area contributed by atoms with E-state index in [1.807, 2.05) is 32.3 Å². The Morgan fingerprint density at radius 2 is 1.16 bits per heavy atom. The molecule has 4 aromatic heterocycles. The van der Waals surface area contributed by atoms with E-state index in [0.29, 0.717) is 66.1 Å². The first-order valence-electron chi connectivity index (χ1n) is 22.7. The third-order valence-corrected chi connectivity index (χ3v) is 8.94. The number of aryl methyl sites for hydroxylation is 3. The first-order valence-corrected chi connectivity index (χ1v) is 39.8. The number of imidazole rings is 1. The van der Waals surface area contributed by atoms with E-state index < -0.39 is 78.1 Å². The van der Waals surface area contributed by atoms with Crippen LogP contribution in [0.4, 0.5) is 62.3 Å². The topological polar surface area (TPSA) is 304 Å². The number of nitrogens with two attached hydrogens (primary N) is 1. The summed E-state index contributed by atoms with van der Waals surface area (Å²) in [5.41, 5.74) is 6.90. The van der Waals surface area contributed by atoms with Crippen molar-refractivity contribution in [1.82, 2.24) is 39.5 Å². The maximum absolute atomic E-state index is 13.4. The van der Waals surface area contributed by atoms with E-state index in [2.05, 4.69) is 55.5 Å². The van der Waals surface area contributed by atoms with E-state index in [1.54, 1.807) is 33.9 Å². The number of aliphatic hydroxyl groups is 1. The average Bonchev–Trinajstić information content (AvgIpc) is 3.72. The van der Waals surface area contributed by atoms with Crippen LogP contribution >= 0.6 is 8.25 Å². The predicted octanol–water partition coefficient (Wildman–Crippen LogP) is 4.34. The quantitative estimate of drug-likeness (QED) is 0.0277. The summed E-state index contributed by atoms with van der Waals surface area (Å²) in [5, 5.41) is 33.6. The van der Waals surface area contributed by atoms with Gasteiger partial charge in [0.15, 0.2) is 40.6 Å².